The lowest BCUT2D eigenvalue weighted by molar-refractivity contribution is 0.169. The summed E-state index contributed by atoms with van der Waals surface area (Å²) in [6, 6.07) is 6.20. The minimum absolute atomic E-state index is 0.124. The fraction of sp³-hybridized carbons (Fsp3) is 0.600. The molecular weight excluding hydrogens is 279 g/mol. The molecular formula is C15H24Cl2N2. The van der Waals surface area contributed by atoms with Crippen molar-refractivity contribution >= 4 is 23.2 Å². The van der Waals surface area contributed by atoms with Crippen LogP contribution in [0.5, 0.6) is 0 Å². The average Bonchev–Trinajstić information content (AvgIpc) is 2.31. The first-order valence-corrected chi connectivity index (χ1v) is 7.49. The van der Waals surface area contributed by atoms with Gasteiger partial charge in [-0.3, -0.25) is 4.90 Å². The Kier molecular flexibility index (Phi) is 6.61. The lowest BCUT2D eigenvalue weighted by atomic mass is 9.99. The molecule has 2 nitrogen and oxygen atoms in total. The lowest BCUT2D eigenvalue weighted by Crippen LogP contribution is -2.37. The molecule has 108 valence electrons. The Morgan fingerprint density at radius 3 is 2.32 bits per heavy atom. The van der Waals surface area contributed by atoms with Crippen molar-refractivity contribution < 1.29 is 0 Å². The van der Waals surface area contributed by atoms with Crippen molar-refractivity contribution in [2.45, 2.75) is 39.3 Å². The molecule has 2 unspecified atom stereocenters. The first-order valence-electron chi connectivity index (χ1n) is 6.73. The zero-order valence-electron chi connectivity index (χ0n) is 12.2. The number of rotatable bonds is 6. The van der Waals surface area contributed by atoms with Crippen LogP contribution in [0.1, 0.15) is 38.8 Å². The van der Waals surface area contributed by atoms with Crippen LogP contribution >= 0.6 is 23.2 Å². The molecule has 0 aliphatic rings. The normalized spacial score (nSPS) is 15.0. The van der Waals surface area contributed by atoms with E-state index < -0.39 is 0 Å². The first-order chi connectivity index (χ1) is 8.86. The molecule has 0 radical (unpaired) electrons. The molecule has 0 saturated carbocycles. The van der Waals surface area contributed by atoms with Gasteiger partial charge in [0.1, 0.15) is 0 Å². The van der Waals surface area contributed by atoms with Gasteiger partial charge in [-0.1, -0.05) is 43.1 Å². The third-order valence-electron chi connectivity index (χ3n) is 3.54. The van der Waals surface area contributed by atoms with Gasteiger partial charge in [0.05, 0.1) is 0 Å². The number of benzene rings is 1. The Bertz CT molecular complexity index is 407. The van der Waals surface area contributed by atoms with Crippen molar-refractivity contribution in [3.63, 3.8) is 0 Å². The van der Waals surface area contributed by atoms with Crippen LogP contribution in [-0.4, -0.2) is 24.5 Å². The van der Waals surface area contributed by atoms with E-state index in [1.165, 1.54) is 0 Å². The molecule has 1 rings (SSSR count). The summed E-state index contributed by atoms with van der Waals surface area (Å²) in [6.07, 6.45) is 1.14. The van der Waals surface area contributed by atoms with E-state index in [4.69, 9.17) is 28.9 Å². The Hall–Kier alpha value is -0.280. The number of hydrogen-bond acceptors (Lipinski definition) is 2. The van der Waals surface area contributed by atoms with Crippen molar-refractivity contribution in [1.82, 2.24) is 4.90 Å². The second-order valence-corrected chi connectivity index (χ2v) is 6.41. The summed E-state index contributed by atoms with van der Waals surface area (Å²) in [6.45, 7) is 7.24. The van der Waals surface area contributed by atoms with Gasteiger partial charge in [-0.2, -0.15) is 0 Å². The van der Waals surface area contributed by atoms with Crippen LogP contribution in [0.4, 0.5) is 0 Å². The number of halogens is 2. The number of hydrogen-bond donors (Lipinski definition) is 1. The van der Waals surface area contributed by atoms with Gasteiger partial charge in [0.15, 0.2) is 0 Å². The molecule has 0 heterocycles. The number of nitrogens with zero attached hydrogens (tertiary/aromatic N) is 1. The van der Waals surface area contributed by atoms with E-state index in [0.717, 1.165) is 12.0 Å². The van der Waals surface area contributed by atoms with Crippen LogP contribution in [0.15, 0.2) is 18.2 Å². The standard InChI is InChI=1S/C15H24Cl2N2/c1-10(2)7-11(3)19(4)15(9-18)13-6-5-12(16)8-14(13)17/h5-6,8,10-11,15H,7,9,18H2,1-4H3. The fourth-order valence-corrected chi connectivity index (χ4v) is 2.97. The first kappa shape index (κ1) is 16.8. The molecule has 0 bridgehead atoms. The van der Waals surface area contributed by atoms with Crippen molar-refractivity contribution in [3.05, 3.63) is 33.8 Å². The largest absolute Gasteiger partial charge is 0.329 e. The molecule has 0 fully saturated rings. The quantitative estimate of drug-likeness (QED) is 0.846. The minimum atomic E-state index is 0.124. The van der Waals surface area contributed by atoms with Gasteiger partial charge < -0.3 is 5.73 Å². The maximum Gasteiger partial charge on any atom is 0.0484 e. The maximum absolute atomic E-state index is 6.29. The molecule has 4 heteroatoms. The van der Waals surface area contributed by atoms with Crippen LogP contribution in [0.25, 0.3) is 0 Å². The maximum atomic E-state index is 6.29. The zero-order chi connectivity index (χ0) is 14.6. The molecule has 0 amide bonds. The van der Waals surface area contributed by atoms with Gasteiger partial charge in [0.2, 0.25) is 0 Å². The van der Waals surface area contributed by atoms with Gasteiger partial charge in [-0.15, -0.1) is 0 Å². The van der Waals surface area contributed by atoms with Crippen molar-refractivity contribution in [2.75, 3.05) is 13.6 Å². The van der Waals surface area contributed by atoms with Gasteiger partial charge in [-0.25, -0.2) is 0 Å². The highest BCUT2D eigenvalue weighted by molar-refractivity contribution is 6.35. The Labute approximate surface area is 126 Å². The molecule has 0 saturated heterocycles. The summed E-state index contributed by atoms with van der Waals surface area (Å²) in [7, 11) is 2.11. The Morgan fingerprint density at radius 2 is 1.84 bits per heavy atom. The second-order valence-electron chi connectivity index (χ2n) is 5.56. The summed E-state index contributed by atoms with van der Waals surface area (Å²) in [5.74, 6) is 0.663. The molecule has 0 aliphatic heterocycles. The summed E-state index contributed by atoms with van der Waals surface area (Å²) in [5, 5.41) is 1.34. The van der Waals surface area contributed by atoms with Crippen LogP contribution in [0.2, 0.25) is 10.0 Å². The van der Waals surface area contributed by atoms with Gasteiger partial charge >= 0.3 is 0 Å². The highest BCUT2D eigenvalue weighted by Crippen LogP contribution is 2.30. The van der Waals surface area contributed by atoms with E-state index in [2.05, 4.69) is 32.7 Å². The second kappa shape index (κ2) is 7.49. The van der Waals surface area contributed by atoms with E-state index in [1.54, 1.807) is 6.07 Å². The van der Waals surface area contributed by atoms with Crippen LogP contribution in [-0.2, 0) is 0 Å². The molecule has 0 spiro atoms. The van der Waals surface area contributed by atoms with Crippen LogP contribution < -0.4 is 5.73 Å². The van der Waals surface area contributed by atoms with Gasteiger partial charge in [0.25, 0.3) is 0 Å². The van der Waals surface area contributed by atoms with Crippen molar-refractivity contribution in [2.24, 2.45) is 11.7 Å². The molecule has 0 aliphatic carbocycles. The van der Waals surface area contributed by atoms with Crippen molar-refractivity contribution in [3.8, 4) is 0 Å². The average molecular weight is 303 g/mol. The third kappa shape index (κ3) is 4.64. The molecule has 1 aromatic rings. The molecule has 1 aromatic carbocycles. The zero-order valence-corrected chi connectivity index (χ0v) is 13.7. The molecule has 0 aromatic heterocycles. The van der Waals surface area contributed by atoms with E-state index in [-0.39, 0.29) is 6.04 Å². The van der Waals surface area contributed by atoms with Crippen LogP contribution in [0.3, 0.4) is 0 Å². The van der Waals surface area contributed by atoms with Gasteiger partial charge in [0, 0.05) is 28.7 Å². The van der Waals surface area contributed by atoms with Crippen molar-refractivity contribution in [1.29, 1.82) is 0 Å². The Morgan fingerprint density at radius 1 is 1.21 bits per heavy atom. The number of likely N-dealkylation sites (N-methyl/N-ethyl adjacent to an activating group) is 1. The lowest BCUT2D eigenvalue weighted by Gasteiger charge is -2.34. The monoisotopic (exact) mass is 302 g/mol. The predicted octanol–water partition coefficient (Wildman–Crippen LogP) is 4.36. The molecule has 2 N–H and O–H groups in total. The van der Waals surface area contributed by atoms with Crippen LogP contribution in [0, 0.1) is 5.92 Å². The summed E-state index contributed by atoms with van der Waals surface area (Å²) < 4.78 is 0. The summed E-state index contributed by atoms with van der Waals surface area (Å²) in [5.41, 5.74) is 7.00. The summed E-state index contributed by atoms with van der Waals surface area (Å²) >= 11 is 12.2. The minimum Gasteiger partial charge on any atom is -0.329 e. The fourth-order valence-electron chi connectivity index (χ4n) is 2.44. The van der Waals surface area contributed by atoms with Gasteiger partial charge in [-0.05, 0) is 44.0 Å². The van der Waals surface area contributed by atoms with E-state index in [0.29, 0.717) is 28.5 Å². The Balaban J connectivity index is 2.93. The SMILES string of the molecule is CC(C)CC(C)N(C)C(CN)c1ccc(Cl)cc1Cl. The number of nitrogens with two attached hydrogens (primary N) is 1. The van der Waals surface area contributed by atoms with E-state index >= 15 is 0 Å². The highest BCUT2D eigenvalue weighted by atomic mass is 35.5. The predicted molar refractivity (Wildman–Crippen MR) is 84.9 cm³/mol. The van der Waals surface area contributed by atoms with E-state index in [1.807, 2.05) is 12.1 Å². The smallest absolute Gasteiger partial charge is 0.0484 e. The summed E-state index contributed by atoms with van der Waals surface area (Å²) in [4.78, 5) is 2.30. The topological polar surface area (TPSA) is 29.3 Å². The molecule has 19 heavy (non-hydrogen) atoms. The third-order valence-corrected chi connectivity index (χ3v) is 4.11. The van der Waals surface area contributed by atoms with E-state index in [9.17, 15) is 0 Å². The molecule has 2 atom stereocenters. The highest BCUT2D eigenvalue weighted by Gasteiger charge is 2.22.